The molecule has 0 saturated carbocycles. The number of hydrogen-bond acceptors (Lipinski definition) is 3. The van der Waals surface area contributed by atoms with Crippen LogP contribution in [-0.2, 0) is 4.79 Å². The third-order valence-electron chi connectivity index (χ3n) is 3.25. The van der Waals surface area contributed by atoms with Crippen LogP contribution in [0.15, 0.2) is 0 Å². The Labute approximate surface area is 108 Å². The fourth-order valence-electron chi connectivity index (χ4n) is 2.09. The molecule has 2 unspecified atom stereocenters. The van der Waals surface area contributed by atoms with Crippen LogP contribution >= 0.6 is 0 Å². The number of aliphatic carboxylic acids is 1. The van der Waals surface area contributed by atoms with E-state index < -0.39 is 5.97 Å². The lowest BCUT2D eigenvalue weighted by Gasteiger charge is -2.32. The van der Waals surface area contributed by atoms with Crippen molar-refractivity contribution in [2.24, 2.45) is 11.7 Å². The number of piperidine rings is 1. The molecule has 0 radical (unpaired) electrons. The molecular weight excluding hydrogens is 234 g/mol. The quantitative estimate of drug-likeness (QED) is 0.688. The number of likely N-dealkylation sites (tertiary alicyclic amines) is 1. The number of carbonyl (C=O) groups is 2. The van der Waals surface area contributed by atoms with Gasteiger partial charge in [0, 0.05) is 25.2 Å². The van der Waals surface area contributed by atoms with Crippen LogP contribution in [0.4, 0.5) is 4.79 Å². The van der Waals surface area contributed by atoms with E-state index in [0.717, 1.165) is 12.8 Å². The zero-order valence-electron chi connectivity index (χ0n) is 11.1. The predicted octanol–water partition coefficient (Wildman–Crippen LogP) is 0.618. The molecule has 0 spiro atoms. The summed E-state index contributed by atoms with van der Waals surface area (Å²) in [4.78, 5) is 24.4. The highest BCUT2D eigenvalue weighted by Crippen LogP contribution is 2.11. The first-order chi connectivity index (χ1) is 8.40. The van der Waals surface area contributed by atoms with Gasteiger partial charge in [0.2, 0.25) is 0 Å². The van der Waals surface area contributed by atoms with Gasteiger partial charge in [-0.1, -0.05) is 13.8 Å². The van der Waals surface area contributed by atoms with Crippen LogP contribution in [-0.4, -0.2) is 47.2 Å². The van der Waals surface area contributed by atoms with Crippen LogP contribution in [0, 0.1) is 5.92 Å². The molecule has 2 amide bonds. The van der Waals surface area contributed by atoms with Gasteiger partial charge in [-0.05, 0) is 18.8 Å². The molecule has 1 aliphatic rings. The highest BCUT2D eigenvalue weighted by Gasteiger charge is 2.25. The van der Waals surface area contributed by atoms with Gasteiger partial charge in [-0.15, -0.1) is 0 Å². The van der Waals surface area contributed by atoms with Crippen LogP contribution in [0.25, 0.3) is 0 Å². The Kier molecular flexibility index (Phi) is 5.40. The van der Waals surface area contributed by atoms with Crippen molar-refractivity contribution in [3.63, 3.8) is 0 Å². The molecule has 18 heavy (non-hydrogen) atoms. The number of rotatable bonds is 4. The number of carbonyl (C=O) groups excluding carboxylic acids is 1. The maximum Gasteiger partial charge on any atom is 0.317 e. The average Bonchev–Trinajstić information content (AvgIpc) is 2.27. The summed E-state index contributed by atoms with van der Waals surface area (Å²) in [7, 11) is 0. The molecule has 0 aliphatic carbocycles. The maximum absolute atomic E-state index is 12.0. The Morgan fingerprint density at radius 3 is 2.67 bits per heavy atom. The van der Waals surface area contributed by atoms with Crippen molar-refractivity contribution in [1.29, 1.82) is 0 Å². The molecule has 0 aromatic heterocycles. The van der Waals surface area contributed by atoms with Crippen molar-refractivity contribution in [3.05, 3.63) is 0 Å². The number of nitrogens with one attached hydrogen (secondary N) is 1. The Morgan fingerprint density at radius 1 is 1.50 bits per heavy atom. The molecule has 1 saturated heterocycles. The summed E-state index contributed by atoms with van der Waals surface area (Å²) in [6.45, 7) is 5.03. The van der Waals surface area contributed by atoms with Crippen molar-refractivity contribution in [2.45, 2.75) is 45.2 Å². The van der Waals surface area contributed by atoms with Gasteiger partial charge in [-0.3, -0.25) is 4.79 Å². The van der Waals surface area contributed by atoms with E-state index in [4.69, 9.17) is 10.8 Å². The Bertz CT molecular complexity index is 307. The molecule has 6 heteroatoms. The van der Waals surface area contributed by atoms with Gasteiger partial charge >= 0.3 is 12.0 Å². The monoisotopic (exact) mass is 257 g/mol. The first-order valence-electron chi connectivity index (χ1n) is 6.43. The van der Waals surface area contributed by atoms with Gasteiger partial charge in [0.1, 0.15) is 0 Å². The van der Waals surface area contributed by atoms with E-state index in [0.29, 0.717) is 13.1 Å². The van der Waals surface area contributed by atoms with Crippen molar-refractivity contribution in [2.75, 3.05) is 13.1 Å². The Morgan fingerprint density at radius 2 is 2.17 bits per heavy atom. The lowest BCUT2D eigenvalue weighted by Crippen LogP contribution is -2.52. The fourth-order valence-corrected chi connectivity index (χ4v) is 2.09. The number of nitrogens with two attached hydrogens (primary N) is 1. The number of carboxylic acids is 1. The summed E-state index contributed by atoms with van der Waals surface area (Å²) in [6.07, 6.45) is 1.79. The van der Waals surface area contributed by atoms with Crippen molar-refractivity contribution in [1.82, 2.24) is 10.2 Å². The van der Waals surface area contributed by atoms with Crippen LogP contribution in [0.5, 0.6) is 0 Å². The molecule has 104 valence electrons. The second-order valence-electron chi connectivity index (χ2n) is 5.25. The minimum atomic E-state index is -0.899. The van der Waals surface area contributed by atoms with Crippen molar-refractivity contribution < 1.29 is 14.7 Å². The highest BCUT2D eigenvalue weighted by atomic mass is 16.4. The minimum Gasteiger partial charge on any atom is -0.481 e. The number of amides is 2. The largest absolute Gasteiger partial charge is 0.481 e. The van der Waals surface area contributed by atoms with E-state index in [9.17, 15) is 9.59 Å². The average molecular weight is 257 g/mol. The van der Waals surface area contributed by atoms with Gasteiger partial charge < -0.3 is 21.1 Å². The van der Waals surface area contributed by atoms with Gasteiger partial charge in [0.15, 0.2) is 0 Å². The number of urea groups is 1. The topological polar surface area (TPSA) is 95.7 Å². The lowest BCUT2D eigenvalue weighted by atomic mass is 10.0. The predicted molar refractivity (Wildman–Crippen MR) is 68.2 cm³/mol. The number of nitrogens with zero attached hydrogens (tertiary/aromatic N) is 1. The van der Waals surface area contributed by atoms with Gasteiger partial charge in [0.25, 0.3) is 0 Å². The van der Waals surface area contributed by atoms with Crippen LogP contribution in [0.3, 0.4) is 0 Å². The molecule has 6 nitrogen and oxygen atoms in total. The summed E-state index contributed by atoms with van der Waals surface area (Å²) in [5.74, 6) is -0.812. The molecule has 1 fully saturated rings. The Balaban J connectivity index is 2.52. The van der Waals surface area contributed by atoms with Crippen molar-refractivity contribution in [3.8, 4) is 0 Å². The van der Waals surface area contributed by atoms with E-state index >= 15 is 0 Å². The molecule has 1 heterocycles. The Hall–Kier alpha value is -1.30. The maximum atomic E-state index is 12.0. The standard InChI is InChI=1S/C12H23N3O3/c1-8(2)10(6-11(16)17)14-12(18)15-5-3-4-9(13)7-15/h8-10H,3-7,13H2,1-2H3,(H,14,18)(H,16,17). The third-order valence-corrected chi connectivity index (χ3v) is 3.25. The normalized spacial score (nSPS) is 21.8. The molecule has 1 rings (SSSR count). The molecule has 0 aromatic rings. The summed E-state index contributed by atoms with van der Waals surface area (Å²) >= 11 is 0. The van der Waals surface area contributed by atoms with Crippen molar-refractivity contribution >= 4 is 12.0 Å². The molecule has 0 bridgehead atoms. The summed E-state index contributed by atoms with van der Waals surface area (Å²) in [6, 6.07) is -0.514. The van der Waals surface area contributed by atoms with Gasteiger partial charge in [-0.2, -0.15) is 0 Å². The fraction of sp³-hybridized carbons (Fsp3) is 0.833. The van der Waals surface area contributed by atoms with E-state index in [-0.39, 0.29) is 30.5 Å². The van der Waals surface area contributed by atoms with Crippen LogP contribution in [0.1, 0.15) is 33.1 Å². The lowest BCUT2D eigenvalue weighted by molar-refractivity contribution is -0.137. The van der Waals surface area contributed by atoms with E-state index in [1.54, 1.807) is 4.90 Å². The zero-order valence-corrected chi connectivity index (χ0v) is 11.1. The third kappa shape index (κ3) is 4.52. The van der Waals surface area contributed by atoms with E-state index in [1.165, 1.54) is 0 Å². The van der Waals surface area contributed by atoms with Crippen LogP contribution < -0.4 is 11.1 Å². The first kappa shape index (κ1) is 14.8. The molecular formula is C12H23N3O3. The van der Waals surface area contributed by atoms with Gasteiger partial charge in [0.05, 0.1) is 6.42 Å². The van der Waals surface area contributed by atoms with Crippen LogP contribution in [0.2, 0.25) is 0 Å². The first-order valence-corrected chi connectivity index (χ1v) is 6.43. The second kappa shape index (κ2) is 6.58. The van der Waals surface area contributed by atoms with Gasteiger partial charge in [-0.25, -0.2) is 4.79 Å². The minimum absolute atomic E-state index is 0.0291. The number of hydrogen-bond donors (Lipinski definition) is 3. The molecule has 2 atom stereocenters. The summed E-state index contributed by atoms with van der Waals surface area (Å²) in [5, 5.41) is 11.6. The zero-order chi connectivity index (χ0) is 13.7. The second-order valence-corrected chi connectivity index (χ2v) is 5.25. The molecule has 0 aromatic carbocycles. The molecule has 4 N–H and O–H groups in total. The summed E-state index contributed by atoms with van der Waals surface area (Å²) < 4.78 is 0. The molecule has 1 aliphatic heterocycles. The smallest absolute Gasteiger partial charge is 0.317 e. The van der Waals surface area contributed by atoms with E-state index in [1.807, 2.05) is 13.8 Å². The number of carboxylic acid groups (broad SMARTS) is 1. The van der Waals surface area contributed by atoms with E-state index in [2.05, 4.69) is 5.32 Å². The highest BCUT2D eigenvalue weighted by molar-refractivity contribution is 5.76. The summed E-state index contributed by atoms with van der Waals surface area (Å²) in [5.41, 5.74) is 5.82. The SMILES string of the molecule is CC(C)C(CC(=O)O)NC(=O)N1CCCC(N)C1.